The molecule has 0 spiro atoms. The van der Waals surface area contributed by atoms with Crippen molar-refractivity contribution >= 4 is 39.1 Å². The van der Waals surface area contributed by atoms with Crippen molar-refractivity contribution in [2.45, 2.75) is 69.0 Å². The molecule has 1 saturated carbocycles. The molecule has 0 unspecified atom stereocenters. The Kier molecular flexibility index (Phi) is 11.8. The fourth-order valence-corrected chi connectivity index (χ4v) is 7.81. The van der Waals surface area contributed by atoms with Crippen molar-refractivity contribution in [1.82, 2.24) is 10.2 Å². The lowest BCUT2D eigenvalue weighted by Crippen LogP contribution is -2.55. The first kappa shape index (κ1) is 35.0. The number of methoxy groups -OCH3 is 1. The summed E-state index contributed by atoms with van der Waals surface area (Å²) >= 11 is 6.47. The van der Waals surface area contributed by atoms with E-state index in [9.17, 15) is 18.0 Å². The number of nitrogens with one attached hydrogen (secondary N) is 1. The summed E-state index contributed by atoms with van der Waals surface area (Å²) in [6, 6.07) is 28.9. The van der Waals surface area contributed by atoms with Crippen LogP contribution in [-0.2, 0) is 32.6 Å². The SMILES string of the molecule is COc1ccc(N(CC(=O)N(Cc2ccccc2C)[C@H](Cc2ccccc2)C(=O)NC2CCCCC2)S(=O)(=O)c2ccccc2)cc1Cl. The predicted octanol–water partition coefficient (Wildman–Crippen LogP) is 6.94. The summed E-state index contributed by atoms with van der Waals surface area (Å²) in [5.41, 5.74) is 2.90. The molecule has 0 aromatic heterocycles. The van der Waals surface area contributed by atoms with Gasteiger partial charge in [0.1, 0.15) is 18.3 Å². The lowest BCUT2D eigenvalue weighted by molar-refractivity contribution is -0.140. The van der Waals surface area contributed by atoms with Gasteiger partial charge in [0.15, 0.2) is 0 Å². The van der Waals surface area contributed by atoms with Crippen LogP contribution in [0.3, 0.4) is 0 Å². The number of hydrogen-bond acceptors (Lipinski definition) is 5. The maximum absolute atomic E-state index is 14.7. The van der Waals surface area contributed by atoms with E-state index in [1.54, 1.807) is 30.3 Å². The summed E-state index contributed by atoms with van der Waals surface area (Å²) in [6.07, 6.45) is 5.25. The second kappa shape index (κ2) is 16.2. The van der Waals surface area contributed by atoms with E-state index in [4.69, 9.17) is 16.3 Å². The minimum atomic E-state index is -4.24. The molecule has 4 aromatic rings. The standard InChI is InChI=1S/C38H42ClN3O5S/c1-28-14-12-13-17-30(28)26-41(35(24-29-15-6-3-7-16-29)38(44)40-31-18-8-4-9-19-31)37(43)27-42(32-22-23-36(47-2)34(39)25-32)48(45,46)33-20-10-5-11-21-33/h3,5-7,10-17,20-23,25,31,35H,4,8-9,18-19,24,26-27H2,1-2H3,(H,40,44)/t35-/m1/s1. The van der Waals surface area contributed by atoms with Gasteiger partial charge in [-0.2, -0.15) is 0 Å². The maximum atomic E-state index is 14.7. The summed E-state index contributed by atoms with van der Waals surface area (Å²) in [4.78, 5) is 30.6. The number of carbonyl (C=O) groups excluding carboxylic acids is 2. The van der Waals surface area contributed by atoms with E-state index in [1.807, 2.05) is 61.5 Å². The van der Waals surface area contributed by atoms with Gasteiger partial charge >= 0.3 is 0 Å². The number of rotatable bonds is 13. The average Bonchev–Trinajstić information content (AvgIpc) is 3.10. The van der Waals surface area contributed by atoms with E-state index in [1.165, 1.54) is 30.2 Å². The molecule has 4 aromatic carbocycles. The van der Waals surface area contributed by atoms with Crippen LogP contribution >= 0.6 is 11.6 Å². The number of hydrogen-bond donors (Lipinski definition) is 1. The van der Waals surface area contributed by atoms with Crippen LogP contribution in [0.15, 0.2) is 108 Å². The van der Waals surface area contributed by atoms with Crippen LogP contribution in [-0.4, -0.2) is 50.9 Å². The molecule has 0 aliphatic heterocycles. The lowest BCUT2D eigenvalue weighted by Gasteiger charge is -2.35. The van der Waals surface area contributed by atoms with Crippen molar-refractivity contribution in [3.8, 4) is 5.75 Å². The Morgan fingerprint density at radius 1 is 0.896 bits per heavy atom. The highest BCUT2D eigenvalue weighted by Gasteiger charge is 2.35. The van der Waals surface area contributed by atoms with Gasteiger partial charge in [-0.3, -0.25) is 13.9 Å². The van der Waals surface area contributed by atoms with Crippen LogP contribution in [0.1, 0.15) is 48.8 Å². The van der Waals surface area contributed by atoms with Gasteiger partial charge in [0.25, 0.3) is 10.0 Å². The smallest absolute Gasteiger partial charge is 0.264 e. The fourth-order valence-electron chi connectivity index (χ4n) is 6.13. The minimum absolute atomic E-state index is 0.0195. The van der Waals surface area contributed by atoms with Crippen LogP contribution in [0.25, 0.3) is 0 Å². The topological polar surface area (TPSA) is 96.0 Å². The number of anilines is 1. The normalized spacial score (nSPS) is 14.1. The summed E-state index contributed by atoms with van der Waals surface area (Å²) in [5.74, 6) is -0.408. The number of sulfonamides is 1. The molecule has 0 radical (unpaired) electrons. The molecular weight excluding hydrogens is 646 g/mol. The average molecular weight is 688 g/mol. The second-order valence-corrected chi connectivity index (χ2v) is 14.4. The van der Waals surface area contributed by atoms with Gasteiger partial charge in [-0.25, -0.2) is 8.42 Å². The summed E-state index contributed by atoms with van der Waals surface area (Å²) < 4.78 is 34.8. The van der Waals surface area contributed by atoms with Gasteiger partial charge in [0.05, 0.1) is 22.7 Å². The van der Waals surface area contributed by atoms with Crippen molar-refractivity contribution in [1.29, 1.82) is 0 Å². The van der Waals surface area contributed by atoms with Crippen molar-refractivity contribution in [2.24, 2.45) is 0 Å². The van der Waals surface area contributed by atoms with E-state index in [0.717, 1.165) is 53.1 Å². The zero-order valence-corrected chi connectivity index (χ0v) is 28.9. The van der Waals surface area contributed by atoms with E-state index in [0.29, 0.717) is 5.75 Å². The second-order valence-electron chi connectivity index (χ2n) is 12.1. The molecule has 0 bridgehead atoms. The van der Waals surface area contributed by atoms with Gasteiger partial charge in [-0.05, 0) is 66.8 Å². The molecule has 10 heteroatoms. The third kappa shape index (κ3) is 8.57. The highest BCUT2D eigenvalue weighted by molar-refractivity contribution is 7.92. The van der Waals surface area contributed by atoms with E-state index >= 15 is 0 Å². The van der Waals surface area contributed by atoms with E-state index in [-0.39, 0.29) is 40.5 Å². The van der Waals surface area contributed by atoms with Crippen molar-refractivity contribution < 1.29 is 22.7 Å². The Hall–Kier alpha value is -4.34. The Morgan fingerprint density at radius 2 is 1.54 bits per heavy atom. The minimum Gasteiger partial charge on any atom is -0.495 e. The molecule has 48 heavy (non-hydrogen) atoms. The molecule has 1 fully saturated rings. The molecule has 0 heterocycles. The highest BCUT2D eigenvalue weighted by Crippen LogP contribution is 2.32. The third-order valence-corrected chi connectivity index (χ3v) is 10.9. The molecule has 5 rings (SSSR count). The van der Waals surface area contributed by atoms with Gasteiger partial charge < -0.3 is 15.0 Å². The molecule has 0 saturated heterocycles. The molecule has 2 amide bonds. The number of benzene rings is 4. The molecule has 1 aliphatic carbocycles. The lowest BCUT2D eigenvalue weighted by atomic mass is 9.94. The number of carbonyl (C=O) groups is 2. The van der Waals surface area contributed by atoms with Gasteiger partial charge in [-0.15, -0.1) is 0 Å². The zero-order valence-electron chi connectivity index (χ0n) is 27.3. The number of halogens is 1. The van der Waals surface area contributed by atoms with Crippen LogP contribution in [0.4, 0.5) is 5.69 Å². The molecule has 252 valence electrons. The fraction of sp³-hybridized carbons (Fsp3) is 0.316. The molecule has 8 nitrogen and oxygen atoms in total. The zero-order chi connectivity index (χ0) is 34.1. The van der Waals surface area contributed by atoms with Gasteiger partial charge in [-0.1, -0.05) is 104 Å². The Balaban J connectivity index is 1.58. The first-order chi connectivity index (χ1) is 23.2. The number of amides is 2. The van der Waals surface area contributed by atoms with Gasteiger partial charge in [0, 0.05) is 19.0 Å². The predicted molar refractivity (Wildman–Crippen MR) is 190 cm³/mol. The number of ether oxygens (including phenoxy) is 1. The van der Waals surface area contributed by atoms with Crippen molar-refractivity contribution in [2.75, 3.05) is 18.0 Å². The van der Waals surface area contributed by atoms with Crippen molar-refractivity contribution in [3.05, 3.63) is 125 Å². The quantitative estimate of drug-likeness (QED) is 0.164. The largest absolute Gasteiger partial charge is 0.495 e. The highest BCUT2D eigenvalue weighted by atomic mass is 35.5. The number of aryl methyl sites for hydroxylation is 1. The first-order valence-corrected chi connectivity index (χ1v) is 18.1. The van der Waals surface area contributed by atoms with Gasteiger partial charge in [0.2, 0.25) is 11.8 Å². The first-order valence-electron chi connectivity index (χ1n) is 16.3. The third-order valence-electron chi connectivity index (χ3n) is 8.86. The van der Waals surface area contributed by atoms with E-state index in [2.05, 4.69) is 5.32 Å². The molecule has 1 N–H and O–H groups in total. The summed E-state index contributed by atoms with van der Waals surface area (Å²) in [6.45, 7) is 1.51. The molecule has 1 atom stereocenters. The molecular formula is C38H42ClN3O5S. The Morgan fingerprint density at radius 3 is 2.19 bits per heavy atom. The van der Waals surface area contributed by atoms with Crippen LogP contribution in [0.2, 0.25) is 5.02 Å². The van der Waals surface area contributed by atoms with Crippen LogP contribution in [0.5, 0.6) is 5.75 Å². The molecule has 1 aliphatic rings. The monoisotopic (exact) mass is 687 g/mol. The summed E-state index contributed by atoms with van der Waals surface area (Å²) in [7, 11) is -2.77. The summed E-state index contributed by atoms with van der Waals surface area (Å²) in [5, 5.41) is 3.44. The Bertz CT molecular complexity index is 1800. The van der Waals surface area contributed by atoms with Crippen molar-refractivity contribution in [3.63, 3.8) is 0 Å². The van der Waals surface area contributed by atoms with E-state index < -0.39 is 28.5 Å². The Labute approximate surface area is 288 Å². The number of nitrogens with zero attached hydrogens (tertiary/aromatic N) is 2. The van der Waals surface area contributed by atoms with Crippen LogP contribution in [0, 0.1) is 6.92 Å². The van der Waals surface area contributed by atoms with Crippen LogP contribution < -0.4 is 14.4 Å². The maximum Gasteiger partial charge on any atom is 0.264 e.